The van der Waals surface area contributed by atoms with Crippen LogP contribution in [0.25, 0.3) is 0 Å². The Morgan fingerprint density at radius 1 is 0.958 bits per heavy atom. The van der Waals surface area contributed by atoms with E-state index in [1.807, 2.05) is 36.4 Å². The van der Waals surface area contributed by atoms with Gasteiger partial charge in [0.2, 0.25) is 5.12 Å². The molecule has 24 heavy (non-hydrogen) atoms. The van der Waals surface area contributed by atoms with E-state index in [9.17, 15) is 4.79 Å². The van der Waals surface area contributed by atoms with Gasteiger partial charge in [0.25, 0.3) is 0 Å². The van der Waals surface area contributed by atoms with Crippen molar-refractivity contribution in [3.05, 3.63) is 59.1 Å². The van der Waals surface area contributed by atoms with Gasteiger partial charge in [-0.3, -0.25) is 4.79 Å². The summed E-state index contributed by atoms with van der Waals surface area (Å²) in [6, 6.07) is 14.6. The topological polar surface area (TPSA) is 26.3 Å². The van der Waals surface area contributed by atoms with Crippen LogP contribution in [-0.2, 0) is 0 Å². The highest BCUT2D eigenvalue weighted by atomic mass is 35.5. The van der Waals surface area contributed by atoms with Crippen molar-refractivity contribution >= 4 is 28.5 Å². The molecule has 4 heteroatoms. The van der Waals surface area contributed by atoms with Gasteiger partial charge in [-0.25, -0.2) is 0 Å². The average molecular weight is 363 g/mol. The molecule has 0 aliphatic carbocycles. The maximum atomic E-state index is 12.3. The molecular formula is C20H23ClO2S. The Morgan fingerprint density at radius 3 is 2.29 bits per heavy atom. The Morgan fingerprint density at radius 2 is 1.62 bits per heavy atom. The number of ether oxygens (including phenoxy) is 1. The van der Waals surface area contributed by atoms with Gasteiger partial charge in [0.1, 0.15) is 5.75 Å². The van der Waals surface area contributed by atoms with Gasteiger partial charge in [-0.05, 0) is 66.7 Å². The van der Waals surface area contributed by atoms with Crippen molar-refractivity contribution in [1.29, 1.82) is 0 Å². The molecule has 0 bridgehead atoms. The molecule has 128 valence electrons. The average Bonchev–Trinajstić information content (AvgIpc) is 2.60. The summed E-state index contributed by atoms with van der Waals surface area (Å²) in [6.45, 7) is 2.95. The number of unbranched alkanes of at least 4 members (excludes halogenated alkanes) is 4. The maximum absolute atomic E-state index is 12.3. The Hall–Kier alpha value is -1.45. The zero-order chi connectivity index (χ0) is 17.2. The van der Waals surface area contributed by atoms with E-state index in [1.54, 1.807) is 12.1 Å². The number of carbonyl (C=O) groups excluding carboxylic acids is 1. The lowest BCUT2D eigenvalue weighted by Gasteiger charge is -2.07. The van der Waals surface area contributed by atoms with Crippen LogP contribution in [0.1, 0.15) is 49.4 Å². The van der Waals surface area contributed by atoms with Gasteiger partial charge in [-0.1, -0.05) is 44.2 Å². The van der Waals surface area contributed by atoms with Crippen LogP contribution in [0, 0.1) is 0 Å². The summed E-state index contributed by atoms with van der Waals surface area (Å²) in [5.74, 6) is 0.818. The van der Waals surface area contributed by atoms with Crippen LogP contribution in [0.15, 0.2) is 53.4 Å². The molecule has 2 aromatic rings. The normalized spacial score (nSPS) is 10.6. The van der Waals surface area contributed by atoms with Crippen molar-refractivity contribution in [2.24, 2.45) is 0 Å². The Balaban J connectivity index is 1.78. The molecular weight excluding hydrogens is 340 g/mol. The van der Waals surface area contributed by atoms with Crippen LogP contribution in [0.2, 0.25) is 5.02 Å². The molecule has 0 amide bonds. The smallest absolute Gasteiger partial charge is 0.224 e. The molecule has 0 saturated carbocycles. The van der Waals surface area contributed by atoms with Crippen molar-refractivity contribution < 1.29 is 9.53 Å². The molecule has 0 saturated heterocycles. The fourth-order valence-corrected chi connectivity index (χ4v) is 3.12. The molecule has 0 aliphatic heterocycles. The molecule has 0 aliphatic rings. The van der Waals surface area contributed by atoms with E-state index >= 15 is 0 Å². The first kappa shape index (κ1) is 18.9. The highest BCUT2D eigenvalue weighted by Gasteiger charge is 2.08. The molecule has 0 fully saturated rings. The monoisotopic (exact) mass is 362 g/mol. The fourth-order valence-electron chi connectivity index (χ4n) is 2.25. The minimum atomic E-state index is 0.0171. The largest absolute Gasteiger partial charge is 0.494 e. The predicted octanol–water partition coefficient (Wildman–Crippen LogP) is 6.62. The second kappa shape index (κ2) is 10.4. The summed E-state index contributed by atoms with van der Waals surface area (Å²) in [6.07, 6.45) is 6.11. The van der Waals surface area contributed by atoms with Crippen molar-refractivity contribution in [1.82, 2.24) is 0 Å². The van der Waals surface area contributed by atoms with E-state index in [-0.39, 0.29) is 5.12 Å². The standard InChI is InChI=1S/C20H23ClO2S/c1-2-3-4-5-6-15-23-18-11-7-16(8-12-18)20(22)24-19-13-9-17(21)10-14-19/h7-14H,2-6,15H2,1H3. The molecule has 0 heterocycles. The van der Waals surface area contributed by atoms with Gasteiger partial charge in [-0.2, -0.15) is 0 Å². The van der Waals surface area contributed by atoms with Crippen molar-refractivity contribution in [3.63, 3.8) is 0 Å². The summed E-state index contributed by atoms with van der Waals surface area (Å²) < 4.78 is 5.72. The van der Waals surface area contributed by atoms with Crippen LogP contribution in [0.3, 0.4) is 0 Å². The lowest BCUT2D eigenvalue weighted by molar-refractivity contribution is 0.108. The van der Waals surface area contributed by atoms with Gasteiger partial charge < -0.3 is 4.74 Å². The van der Waals surface area contributed by atoms with Crippen LogP contribution >= 0.6 is 23.4 Å². The second-order valence-corrected chi connectivity index (χ2v) is 7.11. The number of hydrogen-bond donors (Lipinski definition) is 0. The van der Waals surface area contributed by atoms with E-state index in [0.717, 1.165) is 23.7 Å². The van der Waals surface area contributed by atoms with E-state index < -0.39 is 0 Å². The van der Waals surface area contributed by atoms with E-state index in [0.29, 0.717) is 10.6 Å². The van der Waals surface area contributed by atoms with Crippen LogP contribution in [0.5, 0.6) is 5.75 Å². The molecule has 0 radical (unpaired) electrons. The molecule has 2 nitrogen and oxygen atoms in total. The Kier molecular flexibility index (Phi) is 8.20. The zero-order valence-corrected chi connectivity index (χ0v) is 15.5. The van der Waals surface area contributed by atoms with Crippen LogP contribution in [0.4, 0.5) is 0 Å². The second-order valence-electron chi connectivity index (χ2n) is 5.63. The third-order valence-electron chi connectivity index (χ3n) is 3.63. The van der Waals surface area contributed by atoms with E-state index in [4.69, 9.17) is 16.3 Å². The number of hydrogen-bond acceptors (Lipinski definition) is 3. The van der Waals surface area contributed by atoms with Gasteiger partial charge in [0, 0.05) is 15.5 Å². The summed E-state index contributed by atoms with van der Waals surface area (Å²) in [5.41, 5.74) is 0.672. The van der Waals surface area contributed by atoms with Crippen LogP contribution in [-0.4, -0.2) is 11.7 Å². The van der Waals surface area contributed by atoms with Gasteiger partial charge >= 0.3 is 0 Å². The lowest BCUT2D eigenvalue weighted by Crippen LogP contribution is -1.98. The minimum Gasteiger partial charge on any atom is -0.494 e. The van der Waals surface area contributed by atoms with Crippen molar-refractivity contribution in [2.75, 3.05) is 6.61 Å². The summed E-state index contributed by atoms with van der Waals surface area (Å²) in [5, 5.41) is 0.687. The third kappa shape index (κ3) is 6.58. The SMILES string of the molecule is CCCCCCCOc1ccc(C(=O)Sc2ccc(Cl)cc2)cc1. The first-order chi connectivity index (χ1) is 11.7. The highest BCUT2D eigenvalue weighted by Crippen LogP contribution is 2.25. The Bertz CT molecular complexity index is 623. The van der Waals surface area contributed by atoms with Gasteiger partial charge in [0.05, 0.1) is 6.61 Å². The number of benzene rings is 2. The highest BCUT2D eigenvalue weighted by molar-refractivity contribution is 8.14. The number of carbonyl (C=O) groups is 1. The van der Waals surface area contributed by atoms with Crippen molar-refractivity contribution in [3.8, 4) is 5.75 Å². The van der Waals surface area contributed by atoms with E-state index in [1.165, 1.54) is 37.4 Å². The Labute approximate surface area is 153 Å². The van der Waals surface area contributed by atoms with Gasteiger partial charge in [0.15, 0.2) is 0 Å². The van der Waals surface area contributed by atoms with E-state index in [2.05, 4.69) is 6.92 Å². The van der Waals surface area contributed by atoms with Gasteiger partial charge in [-0.15, -0.1) is 0 Å². The first-order valence-electron chi connectivity index (χ1n) is 8.39. The number of rotatable bonds is 9. The predicted molar refractivity (Wildman–Crippen MR) is 102 cm³/mol. The zero-order valence-electron chi connectivity index (χ0n) is 14.0. The molecule has 2 aromatic carbocycles. The quantitative estimate of drug-likeness (QED) is 0.370. The van der Waals surface area contributed by atoms with Crippen LogP contribution < -0.4 is 4.74 Å². The number of halogens is 1. The molecule has 0 atom stereocenters. The molecule has 2 rings (SSSR count). The lowest BCUT2D eigenvalue weighted by atomic mass is 10.2. The molecule has 0 N–H and O–H groups in total. The summed E-state index contributed by atoms with van der Waals surface area (Å²) >= 11 is 7.05. The minimum absolute atomic E-state index is 0.0171. The third-order valence-corrected chi connectivity index (χ3v) is 4.81. The van der Waals surface area contributed by atoms with Crippen molar-refractivity contribution in [2.45, 2.75) is 43.9 Å². The summed E-state index contributed by atoms with van der Waals surface area (Å²) in [7, 11) is 0. The fraction of sp³-hybridized carbons (Fsp3) is 0.350. The first-order valence-corrected chi connectivity index (χ1v) is 9.59. The molecule has 0 unspecified atom stereocenters. The summed E-state index contributed by atoms with van der Waals surface area (Å²) in [4.78, 5) is 13.1. The number of thioether (sulfide) groups is 1. The molecule has 0 aromatic heterocycles. The molecule has 0 spiro atoms. The maximum Gasteiger partial charge on any atom is 0.224 e.